The maximum absolute atomic E-state index is 11.9. The van der Waals surface area contributed by atoms with E-state index in [2.05, 4.69) is 4.99 Å². The van der Waals surface area contributed by atoms with E-state index in [1.807, 2.05) is 24.3 Å². The third kappa shape index (κ3) is 4.66. The number of carbonyl (C=O) groups excluding carboxylic acids is 2. The molecule has 0 bridgehead atoms. The molecule has 0 spiro atoms. The van der Waals surface area contributed by atoms with Crippen molar-refractivity contribution in [2.75, 3.05) is 20.4 Å². The van der Waals surface area contributed by atoms with E-state index in [4.69, 9.17) is 14.2 Å². The first-order valence-corrected chi connectivity index (χ1v) is 7.37. The van der Waals surface area contributed by atoms with Gasteiger partial charge in [-0.3, -0.25) is 9.79 Å². The minimum absolute atomic E-state index is 0.0222. The minimum Gasteiger partial charge on any atom is -0.427 e. The first-order chi connectivity index (χ1) is 11.4. The van der Waals surface area contributed by atoms with Gasteiger partial charge in [0.2, 0.25) is 6.79 Å². The maximum atomic E-state index is 11.9. The van der Waals surface area contributed by atoms with Gasteiger partial charge in [-0.1, -0.05) is 18.2 Å². The quantitative estimate of drug-likeness (QED) is 0.551. The van der Waals surface area contributed by atoms with E-state index in [9.17, 15) is 9.59 Å². The number of hydrogen-bond acceptors (Lipinski definition) is 7. The van der Waals surface area contributed by atoms with Crippen LogP contribution in [0.25, 0.3) is 6.20 Å². The number of esters is 2. The second kappa shape index (κ2) is 7.74. The zero-order valence-electron chi connectivity index (χ0n) is 13.9. The summed E-state index contributed by atoms with van der Waals surface area (Å²) in [4.78, 5) is 29.5. The van der Waals surface area contributed by atoms with Crippen LogP contribution in [0.1, 0.15) is 13.8 Å². The van der Waals surface area contributed by atoms with Gasteiger partial charge in [-0.05, 0) is 19.9 Å². The van der Waals surface area contributed by atoms with E-state index < -0.39 is 24.3 Å². The van der Waals surface area contributed by atoms with Gasteiger partial charge in [0.25, 0.3) is 0 Å². The van der Waals surface area contributed by atoms with Crippen LogP contribution >= 0.6 is 0 Å². The molecule has 0 aliphatic carbocycles. The minimum atomic E-state index is -1.08. The maximum Gasteiger partial charge on any atom is 0.340 e. The molecule has 1 aliphatic rings. The van der Waals surface area contributed by atoms with Crippen LogP contribution in [0, 0.1) is 0 Å². The number of carbonyl (C=O) groups is 2. The summed E-state index contributed by atoms with van der Waals surface area (Å²) in [6.07, 6.45) is 5.07. The Labute approximate surface area is 139 Å². The van der Waals surface area contributed by atoms with Crippen LogP contribution in [-0.2, 0) is 23.8 Å². The summed E-state index contributed by atoms with van der Waals surface area (Å²) in [6.45, 7) is 2.65. The summed E-state index contributed by atoms with van der Waals surface area (Å²) in [5.41, 5.74) is -1.08. The lowest BCUT2D eigenvalue weighted by Gasteiger charge is -2.20. The van der Waals surface area contributed by atoms with Gasteiger partial charge in [-0.15, -0.1) is 0 Å². The SMILES string of the molecule is COC(C)(C)C(=O)OCOC(=O)CN1C=CN=c2ccccc2=C1. The van der Waals surface area contributed by atoms with E-state index in [1.165, 1.54) is 7.11 Å². The Kier molecular flexibility index (Phi) is 5.70. The van der Waals surface area contributed by atoms with Crippen LogP contribution in [0.15, 0.2) is 41.7 Å². The van der Waals surface area contributed by atoms with Gasteiger partial charge in [0, 0.05) is 30.9 Å². The van der Waals surface area contributed by atoms with Crippen molar-refractivity contribution in [2.45, 2.75) is 19.4 Å². The highest BCUT2D eigenvalue weighted by Gasteiger charge is 2.29. The molecule has 0 atom stereocenters. The molecule has 7 nitrogen and oxygen atoms in total. The monoisotopic (exact) mass is 332 g/mol. The molecule has 1 aromatic rings. The highest BCUT2D eigenvalue weighted by atomic mass is 16.7. The predicted molar refractivity (Wildman–Crippen MR) is 85.7 cm³/mol. The van der Waals surface area contributed by atoms with Gasteiger partial charge < -0.3 is 19.1 Å². The fourth-order valence-corrected chi connectivity index (χ4v) is 1.83. The van der Waals surface area contributed by atoms with Crippen molar-refractivity contribution < 1.29 is 23.8 Å². The summed E-state index contributed by atoms with van der Waals surface area (Å²) < 4.78 is 14.8. The largest absolute Gasteiger partial charge is 0.427 e. The number of para-hydroxylation sites is 1. The van der Waals surface area contributed by atoms with Gasteiger partial charge in [-0.25, -0.2) is 4.79 Å². The molecule has 0 saturated heterocycles. The van der Waals surface area contributed by atoms with Crippen LogP contribution in [0.3, 0.4) is 0 Å². The number of rotatable bonds is 6. The van der Waals surface area contributed by atoms with E-state index in [-0.39, 0.29) is 6.54 Å². The Morgan fingerprint density at radius 1 is 1.21 bits per heavy atom. The van der Waals surface area contributed by atoms with E-state index in [0.717, 1.165) is 10.6 Å². The number of nitrogens with zero attached hydrogens (tertiary/aromatic N) is 2. The summed E-state index contributed by atoms with van der Waals surface area (Å²) in [6, 6.07) is 7.57. The van der Waals surface area contributed by atoms with Gasteiger partial charge in [0.15, 0.2) is 5.60 Å². The normalized spacial score (nSPS) is 13.2. The Hall–Kier alpha value is -2.67. The third-order valence-corrected chi connectivity index (χ3v) is 3.44. The lowest BCUT2D eigenvalue weighted by molar-refractivity contribution is -0.181. The van der Waals surface area contributed by atoms with Crippen LogP contribution < -0.4 is 10.6 Å². The molecule has 2 rings (SSSR count). The molecular formula is C17H20N2O5. The summed E-state index contributed by atoms with van der Waals surface area (Å²) in [5, 5.41) is 1.71. The zero-order valence-corrected chi connectivity index (χ0v) is 13.9. The molecule has 1 heterocycles. The molecule has 0 unspecified atom stereocenters. The van der Waals surface area contributed by atoms with E-state index >= 15 is 0 Å². The van der Waals surface area contributed by atoms with Crippen molar-refractivity contribution in [2.24, 2.45) is 4.99 Å². The van der Waals surface area contributed by atoms with Crippen molar-refractivity contribution in [3.63, 3.8) is 0 Å². The van der Waals surface area contributed by atoms with Crippen LogP contribution in [0.2, 0.25) is 0 Å². The average molecular weight is 332 g/mol. The van der Waals surface area contributed by atoms with Crippen molar-refractivity contribution in [3.05, 3.63) is 47.2 Å². The van der Waals surface area contributed by atoms with Crippen molar-refractivity contribution >= 4 is 18.1 Å². The van der Waals surface area contributed by atoms with Gasteiger partial charge in [0.1, 0.15) is 6.54 Å². The zero-order chi connectivity index (χ0) is 17.6. The standard InChI is InChI=1S/C17H20N2O5/c1-17(2,22-3)16(21)24-12-23-15(20)11-19-9-8-18-14-7-5-4-6-13(14)10-19/h4-10H,11-12H2,1-3H3. The molecule has 128 valence electrons. The van der Waals surface area contributed by atoms with Crippen molar-refractivity contribution in [1.29, 1.82) is 0 Å². The second-order valence-corrected chi connectivity index (χ2v) is 5.57. The average Bonchev–Trinajstić information content (AvgIpc) is 2.76. The fourth-order valence-electron chi connectivity index (χ4n) is 1.83. The van der Waals surface area contributed by atoms with Gasteiger partial charge >= 0.3 is 11.9 Å². The topological polar surface area (TPSA) is 77.4 Å². The van der Waals surface area contributed by atoms with Crippen molar-refractivity contribution in [3.8, 4) is 0 Å². The van der Waals surface area contributed by atoms with E-state index in [1.54, 1.807) is 37.3 Å². The van der Waals surface area contributed by atoms with E-state index in [0.29, 0.717) is 0 Å². The van der Waals surface area contributed by atoms with Crippen LogP contribution in [-0.4, -0.2) is 42.9 Å². The van der Waals surface area contributed by atoms with Crippen LogP contribution in [0.4, 0.5) is 0 Å². The van der Waals surface area contributed by atoms with Crippen molar-refractivity contribution in [1.82, 2.24) is 4.90 Å². The Bertz CT molecular complexity index is 754. The lowest BCUT2D eigenvalue weighted by Crippen LogP contribution is -2.36. The highest BCUT2D eigenvalue weighted by Crippen LogP contribution is 2.09. The molecule has 0 fully saturated rings. The molecule has 1 aliphatic heterocycles. The molecule has 0 aromatic heterocycles. The molecular weight excluding hydrogens is 312 g/mol. The number of benzene rings is 1. The molecule has 0 radical (unpaired) electrons. The summed E-state index contributed by atoms with van der Waals surface area (Å²) in [5.74, 6) is -1.13. The molecule has 0 N–H and O–H groups in total. The molecule has 7 heteroatoms. The number of hydrogen-bond donors (Lipinski definition) is 0. The first-order valence-electron chi connectivity index (χ1n) is 7.37. The van der Waals surface area contributed by atoms with Crippen LogP contribution in [0.5, 0.6) is 0 Å². The number of ether oxygens (including phenoxy) is 3. The highest BCUT2D eigenvalue weighted by molar-refractivity contribution is 5.78. The molecule has 0 saturated carbocycles. The first kappa shape index (κ1) is 17.7. The Morgan fingerprint density at radius 2 is 1.96 bits per heavy atom. The Morgan fingerprint density at radius 3 is 2.71 bits per heavy atom. The number of methoxy groups -OCH3 is 1. The third-order valence-electron chi connectivity index (χ3n) is 3.44. The molecule has 1 aromatic carbocycles. The lowest BCUT2D eigenvalue weighted by atomic mass is 10.1. The number of fused-ring (bicyclic) bond motifs is 1. The summed E-state index contributed by atoms with van der Waals surface area (Å²) in [7, 11) is 1.40. The van der Waals surface area contributed by atoms with Gasteiger partial charge in [-0.2, -0.15) is 0 Å². The Balaban J connectivity index is 1.87. The molecule has 24 heavy (non-hydrogen) atoms. The molecule has 0 amide bonds. The predicted octanol–water partition coefficient (Wildman–Crippen LogP) is 0.300. The van der Waals surface area contributed by atoms with Gasteiger partial charge in [0.05, 0.1) is 5.36 Å². The second-order valence-electron chi connectivity index (χ2n) is 5.57. The summed E-state index contributed by atoms with van der Waals surface area (Å²) >= 11 is 0. The fraction of sp³-hybridized carbons (Fsp3) is 0.353. The smallest absolute Gasteiger partial charge is 0.340 e.